The van der Waals surface area contributed by atoms with Crippen LogP contribution in [0, 0.1) is 23.2 Å². The lowest BCUT2D eigenvalue weighted by Crippen LogP contribution is -2.65. The molecule has 8 nitrogen and oxygen atoms in total. The Morgan fingerprint density at radius 1 is 1.21 bits per heavy atom. The van der Waals surface area contributed by atoms with E-state index in [-0.39, 0.29) is 28.7 Å². The van der Waals surface area contributed by atoms with Crippen LogP contribution in [0.25, 0.3) is 0 Å². The molecule has 3 saturated carbocycles. The standard InChI is InChI=1S/C25H38BN3O5/c1-14(2)11-20(26-33-19-13-16-12-18(24(16,4)5)25(19,6)34-26)28-23(32)21(15(3)30)29-22(31)17-9-7-8-10-27-17/h7-10,14-16,18-21,30H,11-13H2,1-6H3,(H,28,32)(H,29,31)/t15-,16-,18-,19-,20+,21+,25+/m1/s1. The van der Waals surface area contributed by atoms with Gasteiger partial charge in [-0.2, -0.15) is 0 Å². The minimum Gasteiger partial charge on any atom is -0.404 e. The van der Waals surface area contributed by atoms with Crippen LogP contribution in [0.3, 0.4) is 0 Å². The number of carbonyl (C=O) groups excluding carboxylic acids is 2. The third-order valence-electron chi connectivity index (χ3n) is 8.30. The number of carbonyl (C=O) groups is 2. The van der Waals surface area contributed by atoms with Crippen LogP contribution >= 0.6 is 0 Å². The van der Waals surface area contributed by atoms with E-state index in [1.54, 1.807) is 18.2 Å². The van der Waals surface area contributed by atoms with Gasteiger partial charge in [-0.05, 0) is 68.4 Å². The largest absolute Gasteiger partial charge is 0.481 e. The average molecular weight is 471 g/mol. The van der Waals surface area contributed by atoms with E-state index in [0.29, 0.717) is 18.3 Å². The quantitative estimate of drug-likeness (QED) is 0.503. The SMILES string of the molecule is CC(C)C[C@H](NC(=O)[C@@H](NC(=O)c1ccccn1)[C@@H](C)O)B1O[C@@H]2C[C@H]3C[C@H](C3(C)C)[C@]2(C)O1. The van der Waals surface area contributed by atoms with Gasteiger partial charge in [0.05, 0.1) is 23.8 Å². The number of aromatic nitrogens is 1. The van der Waals surface area contributed by atoms with Crippen molar-refractivity contribution in [3.63, 3.8) is 0 Å². The normalized spacial score (nSPS) is 31.8. The van der Waals surface area contributed by atoms with E-state index in [4.69, 9.17) is 9.31 Å². The molecule has 7 atom stereocenters. The zero-order valence-corrected chi connectivity index (χ0v) is 21.1. The molecule has 1 aromatic heterocycles. The second kappa shape index (κ2) is 9.24. The van der Waals surface area contributed by atoms with E-state index in [0.717, 1.165) is 12.8 Å². The van der Waals surface area contributed by atoms with Gasteiger partial charge in [0.1, 0.15) is 11.7 Å². The number of nitrogens with zero attached hydrogens (tertiary/aromatic N) is 1. The molecule has 4 aliphatic rings. The first-order valence-corrected chi connectivity index (χ1v) is 12.5. The minimum absolute atomic E-state index is 0.0114. The molecule has 2 bridgehead atoms. The summed E-state index contributed by atoms with van der Waals surface area (Å²) in [5.41, 5.74) is 0.0356. The Balaban J connectivity index is 1.47. The summed E-state index contributed by atoms with van der Waals surface area (Å²) in [6.45, 7) is 12.4. The van der Waals surface area contributed by atoms with Gasteiger partial charge in [0, 0.05) is 6.20 Å². The Kier molecular flexibility index (Phi) is 6.83. The molecule has 186 valence electrons. The van der Waals surface area contributed by atoms with Crippen molar-refractivity contribution in [2.24, 2.45) is 23.2 Å². The molecule has 0 radical (unpaired) electrons. The molecule has 3 aliphatic carbocycles. The van der Waals surface area contributed by atoms with E-state index >= 15 is 0 Å². The third kappa shape index (κ3) is 4.50. The number of hydrogen-bond acceptors (Lipinski definition) is 6. The van der Waals surface area contributed by atoms with E-state index in [1.165, 1.54) is 13.1 Å². The summed E-state index contributed by atoms with van der Waals surface area (Å²) in [6.07, 6.45) is 3.20. The highest BCUT2D eigenvalue weighted by Gasteiger charge is 2.68. The summed E-state index contributed by atoms with van der Waals surface area (Å²) < 4.78 is 13.0. The lowest BCUT2D eigenvalue weighted by Gasteiger charge is -2.64. The molecule has 2 heterocycles. The molecule has 5 rings (SSSR count). The van der Waals surface area contributed by atoms with Gasteiger partial charge >= 0.3 is 7.12 Å². The van der Waals surface area contributed by atoms with Crippen molar-refractivity contribution in [1.82, 2.24) is 15.6 Å². The van der Waals surface area contributed by atoms with Crippen LogP contribution in [-0.2, 0) is 14.1 Å². The Hall–Kier alpha value is -1.97. The number of hydrogen-bond donors (Lipinski definition) is 3. The zero-order chi connectivity index (χ0) is 24.8. The molecule has 1 aromatic rings. The Morgan fingerprint density at radius 2 is 1.94 bits per heavy atom. The molecule has 3 N–H and O–H groups in total. The first-order valence-electron chi connectivity index (χ1n) is 12.5. The zero-order valence-electron chi connectivity index (χ0n) is 21.1. The maximum Gasteiger partial charge on any atom is 0.481 e. The van der Waals surface area contributed by atoms with Crippen molar-refractivity contribution in [2.75, 3.05) is 0 Å². The minimum atomic E-state index is -1.13. The summed E-state index contributed by atoms with van der Waals surface area (Å²) in [4.78, 5) is 29.9. The van der Waals surface area contributed by atoms with Crippen molar-refractivity contribution in [3.8, 4) is 0 Å². The van der Waals surface area contributed by atoms with Gasteiger partial charge < -0.3 is 25.0 Å². The maximum atomic E-state index is 13.3. The number of amides is 2. The van der Waals surface area contributed by atoms with Gasteiger partial charge in [-0.25, -0.2) is 0 Å². The molecule has 0 spiro atoms. The van der Waals surface area contributed by atoms with Crippen LogP contribution in [-0.4, -0.2) is 58.8 Å². The van der Waals surface area contributed by atoms with Crippen LogP contribution in [0.4, 0.5) is 0 Å². The first-order chi connectivity index (χ1) is 15.9. The van der Waals surface area contributed by atoms with Crippen molar-refractivity contribution < 1.29 is 24.0 Å². The van der Waals surface area contributed by atoms with Gasteiger partial charge in [0.15, 0.2) is 0 Å². The highest BCUT2D eigenvalue weighted by Crippen LogP contribution is 2.65. The van der Waals surface area contributed by atoms with Crippen molar-refractivity contribution >= 4 is 18.9 Å². The number of aliphatic hydroxyl groups excluding tert-OH is 1. The second-order valence-electron chi connectivity index (χ2n) is 11.5. The maximum absolute atomic E-state index is 13.3. The molecule has 0 unspecified atom stereocenters. The fourth-order valence-corrected chi connectivity index (χ4v) is 6.21. The smallest absolute Gasteiger partial charge is 0.404 e. The van der Waals surface area contributed by atoms with Crippen LogP contribution in [0.15, 0.2) is 24.4 Å². The monoisotopic (exact) mass is 471 g/mol. The summed E-state index contributed by atoms with van der Waals surface area (Å²) >= 11 is 0. The Bertz CT molecular complexity index is 911. The molecule has 2 amide bonds. The van der Waals surface area contributed by atoms with E-state index in [1.807, 2.05) is 0 Å². The number of pyridine rings is 1. The van der Waals surface area contributed by atoms with Gasteiger partial charge in [0.2, 0.25) is 5.91 Å². The molecule has 0 aromatic carbocycles. The van der Waals surface area contributed by atoms with Crippen LogP contribution < -0.4 is 10.6 Å². The number of rotatable bonds is 8. The Labute approximate surface area is 202 Å². The van der Waals surface area contributed by atoms with Crippen LogP contribution in [0.1, 0.15) is 71.3 Å². The van der Waals surface area contributed by atoms with Gasteiger partial charge in [0.25, 0.3) is 5.91 Å². The van der Waals surface area contributed by atoms with Crippen LogP contribution in [0.5, 0.6) is 0 Å². The van der Waals surface area contributed by atoms with Crippen molar-refractivity contribution in [3.05, 3.63) is 30.1 Å². The first kappa shape index (κ1) is 25.1. The molecule has 4 fully saturated rings. The number of nitrogens with one attached hydrogen (secondary N) is 2. The van der Waals surface area contributed by atoms with E-state index < -0.39 is 37.0 Å². The van der Waals surface area contributed by atoms with E-state index in [2.05, 4.69) is 50.2 Å². The molecular formula is C25H38BN3O5. The molecule has 1 aliphatic heterocycles. The van der Waals surface area contributed by atoms with E-state index in [9.17, 15) is 14.7 Å². The summed E-state index contributed by atoms with van der Waals surface area (Å²) in [5.74, 6) is -0.0448. The summed E-state index contributed by atoms with van der Waals surface area (Å²) in [7, 11) is -0.572. The lowest BCUT2D eigenvalue weighted by atomic mass is 9.43. The van der Waals surface area contributed by atoms with Gasteiger partial charge in [-0.1, -0.05) is 33.8 Å². The summed E-state index contributed by atoms with van der Waals surface area (Å²) in [6, 6.07) is 3.83. The number of aliphatic hydroxyl groups is 1. The summed E-state index contributed by atoms with van der Waals surface area (Å²) in [5, 5.41) is 15.9. The second-order valence-corrected chi connectivity index (χ2v) is 11.5. The topological polar surface area (TPSA) is 110 Å². The third-order valence-corrected chi connectivity index (χ3v) is 8.30. The Morgan fingerprint density at radius 3 is 2.53 bits per heavy atom. The molecule has 34 heavy (non-hydrogen) atoms. The lowest BCUT2D eigenvalue weighted by molar-refractivity contribution is -0.199. The fraction of sp³-hybridized carbons (Fsp3) is 0.720. The van der Waals surface area contributed by atoms with Gasteiger partial charge in [-0.15, -0.1) is 0 Å². The molecule has 9 heteroatoms. The van der Waals surface area contributed by atoms with Gasteiger partial charge in [-0.3, -0.25) is 14.6 Å². The average Bonchev–Trinajstić information content (AvgIpc) is 3.13. The van der Waals surface area contributed by atoms with Crippen molar-refractivity contribution in [1.29, 1.82) is 0 Å². The highest BCUT2D eigenvalue weighted by molar-refractivity contribution is 6.48. The van der Waals surface area contributed by atoms with Crippen LogP contribution in [0.2, 0.25) is 0 Å². The van der Waals surface area contributed by atoms with Crippen molar-refractivity contribution in [2.45, 2.75) is 90.6 Å². The predicted molar refractivity (Wildman–Crippen MR) is 129 cm³/mol. The molecule has 1 saturated heterocycles. The predicted octanol–water partition coefficient (Wildman–Crippen LogP) is 2.36. The molecular weight excluding hydrogens is 433 g/mol. The highest BCUT2D eigenvalue weighted by atomic mass is 16.7. The fourth-order valence-electron chi connectivity index (χ4n) is 6.21.